The molecular weight excluding hydrogens is 414 g/mol. The van der Waals surface area contributed by atoms with Gasteiger partial charge in [0.2, 0.25) is 0 Å². The maximum absolute atomic E-state index is 3.61. The SMILES string of the molecule is Cc1ccc2c(c1)c1cc(C)ccc1n2-c1cc(Br)cc(Br)c1. The number of hydrogen-bond acceptors (Lipinski definition) is 0. The Labute approximate surface area is 152 Å². The Morgan fingerprint density at radius 1 is 0.652 bits per heavy atom. The molecule has 4 rings (SSSR count). The summed E-state index contributed by atoms with van der Waals surface area (Å²) in [6, 6.07) is 19.7. The van der Waals surface area contributed by atoms with Crippen molar-refractivity contribution in [3.63, 3.8) is 0 Å². The number of aryl methyl sites for hydroxylation is 2. The van der Waals surface area contributed by atoms with Crippen LogP contribution in [0.5, 0.6) is 0 Å². The van der Waals surface area contributed by atoms with E-state index in [0.717, 1.165) is 14.6 Å². The van der Waals surface area contributed by atoms with Gasteiger partial charge in [-0.05, 0) is 56.3 Å². The van der Waals surface area contributed by atoms with Crippen molar-refractivity contribution in [1.82, 2.24) is 4.57 Å². The van der Waals surface area contributed by atoms with Gasteiger partial charge in [-0.2, -0.15) is 0 Å². The number of hydrogen-bond donors (Lipinski definition) is 0. The van der Waals surface area contributed by atoms with E-state index in [0.29, 0.717) is 0 Å². The second kappa shape index (κ2) is 5.50. The molecule has 1 aromatic heterocycles. The van der Waals surface area contributed by atoms with Crippen molar-refractivity contribution in [2.75, 3.05) is 0 Å². The van der Waals surface area contributed by atoms with Gasteiger partial charge < -0.3 is 4.57 Å². The van der Waals surface area contributed by atoms with Crippen molar-refractivity contribution >= 4 is 53.7 Å². The first-order chi connectivity index (χ1) is 11.0. The van der Waals surface area contributed by atoms with E-state index in [1.165, 1.54) is 32.9 Å². The first-order valence-electron chi connectivity index (χ1n) is 7.51. The fraction of sp³-hybridized carbons (Fsp3) is 0.100. The van der Waals surface area contributed by atoms with Gasteiger partial charge in [0, 0.05) is 25.4 Å². The smallest absolute Gasteiger partial charge is 0.0541 e. The highest BCUT2D eigenvalue weighted by atomic mass is 79.9. The zero-order valence-electron chi connectivity index (χ0n) is 12.9. The fourth-order valence-corrected chi connectivity index (χ4v) is 4.47. The van der Waals surface area contributed by atoms with Gasteiger partial charge in [0.15, 0.2) is 0 Å². The predicted molar refractivity (Wildman–Crippen MR) is 106 cm³/mol. The van der Waals surface area contributed by atoms with Crippen LogP contribution in [-0.2, 0) is 0 Å². The van der Waals surface area contributed by atoms with Gasteiger partial charge in [0.05, 0.1) is 11.0 Å². The fourth-order valence-electron chi connectivity index (χ4n) is 3.20. The topological polar surface area (TPSA) is 4.93 Å². The molecule has 0 radical (unpaired) electrons. The molecule has 4 aromatic rings. The first-order valence-corrected chi connectivity index (χ1v) is 9.09. The molecule has 114 valence electrons. The third-order valence-electron chi connectivity index (χ3n) is 4.18. The number of nitrogens with zero attached hydrogens (tertiary/aromatic N) is 1. The Balaban J connectivity index is 2.19. The molecule has 3 heteroatoms. The molecule has 0 bridgehead atoms. The number of benzene rings is 3. The Kier molecular flexibility index (Phi) is 3.58. The van der Waals surface area contributed by atoms with Gasteiger partial charge in [-0.15, -0.1) is 0 Å². The Morgan fingerprint density at radius 2 is 1.13 bits per heavy atom. The molecule has 0 spiro atoms. The molecule has 0 saturated carbocycles. The second-order valence-electron chi connectivity index (χ2n) is 6.00. The molecule has 0 aliphatic rings. The molecule has 0 aliphatic carbocycles. The van der Waals surface area contributed by atoms with Crippen LogP contribution in [0.25, 0.3) is 27.5 Å². The van der Waals surface area contributed by atoms with Gasteiger partial charge in [-0.1, -0.05) is 55.1 Å². The summed E-state index contributed by atoms with van der Waals surface area (Å²) in [6.07, 6.45) is 0. The van der Waals surface area contributed by atoms with Crippen LogP contribution in [0.2, 0.25) is 0 Å². The highest BCUT2D eigenvalue weighted by Gasteiger charge is 2.13. The van der Waals surface area contributed by atoms with Gasteiger partial charge in [-0.25, -0.2) is 0 Å². The van der Waals surface area contributed by atoms with E-state index in [4.69, 9.17) is 0 Å². The Morgan fingerprint density at radius 3 is 1.61 bits per heavy atom. The lowest BCUT2D eigenvalue weighted by Crippen LogP contribution is -1.94. The average Bonchev–Trinajstić information content (AvgIpc) is 2.79. The maximum Gasteiger partial charge on any atom is 0.0541 e. The summed E-state index contributed by atoms with van der Waals surface area (Å²) in [5, 5.41) is 2.61. The summed E-state index contributed by atoms with van der Waals surface area (Å²) in [7, 11) is 0. The minimum absolute atomic E-state index is 1.07. The lowest BCUT2D eigenvalue weighted by Gasteiger charge is -2.09. The van der Waals surface area contributed by atoms with Crippen molar-refractivity contribution in [2.45, 2.75) is 13.8 Å². The molecule has 0 aliphatic heterocycles. The monoisotopic (exact) mass is 427 g/mol. The van der Waals surface area contributed by atoms with E-state index in [1.54, 1.807) is 0 Å². The normalized spacial score (nSPS) is 11.5. The second-order valence-corrected chi connectivity index (χ2v) is 7.84. The van der Waals surface area contributed by atoms with Crippen LogP contribution >= 0.6 is 31.9 Å². The summed E-state index contributed by atoms with van der Waals surface area (Å²) in [5.74, 6) is 0. The van der Waals surface area contributed by atoms with Crippen molar-refractivity contribution in [1.29, 1.82) is 0 Å². The van der Waals surface area contributed by atoms with Crippen LogP contribution in [0.15, 0.2) is 63.5 Å². The van der Waals surface area contributed by atoms with Gasteiger partial charge >= 0.3 is 0 Å². The summed E-state index contributed by atoms with van der Waals surface area (Å²) < 4.78 is 4.46. The standard InChI is InChI=1S/C20H15Br2N/c1-12-3-5-19-17(7-12)18-8-13(2)4-6-20(18)23(19)16-10-14(21)9-15(22)11-16/h3-11H,1-2H3. The third-order valence-corrected chi connectivity index (χ3v) is 5.10. The highest BCUT2D eigenvalue weighted by molar-refractivity contribution is 9.11. The molecule has 1 nitrogen and oxygen atoms in total. The minimum atomic E-state index is 1.07. The minimum Gasteiger partial charge on any atom is -0.309 e. The summed E-state index contributed by atoms with van der Waals surface area (Å²) in [6.45, 7) is 4.29. The van der Waals surface area contributed by atoms with Crippen LogP contribution in [0.4, 0.5) is 0 Å². The van der Waals surface area contributed by atoms with Gasteiger partial charge in [0.1, 0.15) is 0 Å². The zero-order valence-corrected chi connectivity index (χ0v) is 16.1. The van der Waals surface area contributed by atoms with Gasteiger partial charge in [0.25, 0.3) is 0 Å². The molecule has 0 fully saturated rings. The third kappa shape index (κ3) is 2.52. The summed E-state index contributed by atoms with van der Waals surface area (Å²) in [5.41, 5.74) is 6.20. The van der Waals surface area contributed by atoms with Crippen LogP contribution in [-0.4, -0.2) is 4.57 Å². The van der Waals surface area contributed by atoms with Crippen LogP contribution < -0.4 is 0 Å². The first kappa shape index (κ1) is 15.0. The van der Waals surface area contributed by atoms with E-state index in [-0.39, 0.29) is 0 Å². The van der Waals surface area contributed by atoms with E-state index in [1.807, 2.05) is 0 Å². The summed E-state index contributed by atoms with van der Waals surface area (Å²) >= 11 is 7.21. The van der Waals surface area contributed by atoms with Crippen LogP contribution in [0, 0.1) is 13.8 Å². The van der Waals surface area contributed by atoms with Crippen LogP contribution in [0.1, 0.15) is 11.1 Å². The van der Waals surface area contributed by atoms with E-state index in [9.17, 15) is 0 Å². The number of halogens is 2. The molecule has 3 aromatic carbocycles. The zero-order chi connectivity index (χ0) is 16.1. The van der Waals surface area contributed by atoms with E-state index >= 15 is 0 Å². The lowest BCUT2D eigenvalue weighted by molar-refractivity contribution is 1.17. The predicted octanol–water partition coefficient (Wildman–Crippen LogP) is 6.93. The van der Waals surface area contributed by atoms with Gasteiger partial charge in [-0.3, -0.25) is 0 Å². The molecule has 0 saturated heterocycles. The molecule has 0 atom stereocenters. The maximum atomic E-state index is 3.61. The van der Waals surface area contributed by atoms with Crippen molar-refractivity contribution in [2.24, 2.45) is 0 Å². The molecule has 0 amide bonds. The van der Waals surface area contributed by atoms with Crippen molar-refractivity contribution < 1.29 is 0 Å². The lowest BCUT2D eigenvalue weighted by atomic mass is 10.1. The highest BCUT2D eigenvalue weighted by Crippen LogP contribution is 2.34. The van der Waals surface area contributed by atoms with Crippen LogP contribution in [0.3, 0.4) is 0 Å². The average molecular weight is 429 g/mol. The van der Waals surface area contributed by atoms with E-state index in [2.05, 4.69) is 105 Å². The molecular formula is C20H15Br2N. The van der Waals surface area contributed by atoms with E-state index < -0.39 is 0 Å². The number of aromatic nitrogens is 1. The largest absolute Gasteiger partial charge is 0.309 e. The quantitative estimate of drug-likeness (QED) is 0.310. The number of rotatable bonds is 1. The molecule has 0 unspecified atom stereocenters. The molecule has 23 heavy (non-hydrogen) atoms. The molecule has 0 N–H and O–H groups in total. The number of fused-ring (bicyclic) bond motifs is 3. The Hall–Kier alpha value is -1.58. The summed E-state index contributed by atoms with van der Waals surface area (Å²) in [4.78, 5) is 0. The Bertz CT molecular complexity index is 981. The van der Waals surface area contributed by atoms with Crippen molar-refractivity contribution in [3.05, 3.63) is 74.7 Å². The van der Waals surface area contributed by atoms with Crippen molar-refractivity contribution in [3.8, 4) is 5.69 Å². The molecule has 1 heterocycles.